The number of aliphatic hydroxyl groups excluding tert-OH is 1. The molecule has 1 heterocycles. The Morgan fingerprint density at radius 3 is 2.36 bits per heavy atom. The first-order valence-corrected chi connectivity index (χ1v) is 9.43. The molecule has 0 bridgehead atoms. The minimum atomic E-state index is -0.293. The number of halogens is 1. The Labute approximate surface area is 164 Å². The van der Waals surface area contributed by atoms with E-state index in [4.69, 9.17) is 0 Å². The molecule has 0 aliphatic rings. The van der Waals surface area contributed by atoms with Crippen LogP contribution in [0.25, 0.3) is 28.5 Å². The largest absolute Gasteiger partial charge is 0.508 e. The van der Waals surface area contributed by atoms with Crippen LogP contribution in [0.2, 0.25) is 0 Å². The number of nitrogens with zero attached hydrogens (tertiary/aromatic N) is 1. The molecule has 2 aromatic carbocycles. The van der Waals surface area contributed by atoms with E-state index >= 15 is 0 Å². The van der Waals surface area contributed by atoms with Crippen LogP contribution in [0.3, 0.4) is 0 Å². The van der Waals surface area contributed by atoms with E-state index in [1.54, 1.807) is 49.5 Å². The molecule has 0 aliphatic carbocycles. The molecule has 0 radical (unpaired) electrons. The number of hydrogen-bond acceptors (Lipinski definition) is 3. The molecular formula is C24H24FNO2. The highest BCUT2D eigenvalue weighted by Gasteiger charge is 2.05. The van der Waals surface area contributed by atoms with Crippen LogP contribution < -0.4 is 0 Å². The minimum Gasteiger partial charge on any atom is -0.508 e. The van der Waals surface area contributed by atoms with Gasteiger partial charge in [0.2, 0.25) is 0 Å². The van der Waals surface area contributed by atoms with Crippen molar-refractivity contribution in [1.82, 2.24) is 4.98 Å². The molecule has 0 saturated carbocycles. The molecule has 3 rings (SSSR count). The SMILES string of the molecule is CC(O)CCCC=Cc1ccc(-c2ccc(-c3ccc(O)cc3)nc2)cc1F. The Morgan fingerprint density at radius 2 is 1.71 bits per heavy atom. The number of allylic oxidation sites excluding steroid dienone is 1. The number of rotatable bonds is 7. The Hall–Kier alpha value is -2.98. The average Bonchev–Trinajstić information content (AvgIpc) is 2.69. The summed E-state index contributed by atoms with van der Waals surface area (Å²) in [6.07, 6.45) is 7.60. The third kappa shape index (κ3) is 5.27. The third-order valence-corrected chi connectivity index (χ3v) is 4.55. The molecule has 1 aromatic heterocycles. The first kappa shape index (κ1) is 19.8. The average molecular weight is 377 g/mol. The van der Waals surface area contributed by atoms with Gasteiger partial charge in [0, 0.05) is 22.9 Å². The zero-order valence-electron chi connectivity index (χ0n) is 15.8. The number of hydrogen-bond donors (Lipinski definition) is 2. The van der Waals surface area contributed by atoms with Crippen molar-refractivity contribution >= 4 is 6.08 Å². The van der Waals surface area contributed by atoms with Gasteiger partial charge in [-0.3, -0.25) is 4.98 Å². The van der Waals surface area contributed by atoms with Crippen LogP contribution in [0.4, 0.5) is 4.39 Å². The fourth-order valence-corrected chi connectivity index (χ4v) is 2.95. The molecule has 0 amide bonds. The highest BCUT2D eigenvalue weighted by atomic mass is 19.1. The lowest BCUT2D eigenvalue weighted by Gasteiger charge is -2.06. The molecular weight excluding hydrogens is 353 g/mol. The molecule has 3 nitrogen and oxygen atoms in total. The van der Waals surface area contributed by atoms with Gasteiger partial charge in [-0.05, 0) is 68.1 Å². The van der Waals surface area contributed by atoms with Crippen LogP contribution in [-0.2, 0) is 0 Å². The molecule has 0 aliphatic heterocycles. The van der Waals surface area contributed by atoms with Gasteiger partial charge in [0.1, 0.15) is 11.6 Å². The quantitative estimate of drug-likeness (QED) is 0.510. The predicted molar refractivity (Wildman–Crippen MR) is 111 cm³/mol. The van der Waals surface area contributed by atoms with Crippen molar-refractivity contribution in [2.45, 2.75) is 32.3 Å². The molecule has 1 unspecified atom stereocenters. The standard InChI is InChI=1S/C24H24FNO2/c1-17(27)5-3-2-4-6-18-7-8-20(15-23(18)25)21-11-14-24(26-16-21)19-9-12-22(28)13-10-19/h4,6-17,27-28H,2-3,5H2,1H3. The minimum absolute atomic E-state index is 0.216. The summed E-state index contributed by atoms with van der Waals surface area (Å²) >= 11 is 0. The molecule has 0 spiro atoms. The van der Waals surface area contributed by atoms with E-state index in [-0.39, 0.29) is 17.7 Å². The van der Waals surface area contributed by atoms with Crippen molar-refractivity contribution in [3.63, 3.8) is 0 Å². The van der Waals surface area contributed by atoms with E-state index in [2.05, 4.69) is 4.98 Å². The van der Waals surface area contributed by atoms with Crippen LogP contribution in [0.5, 0.6) is 5.75 Å². The summed E-state index contributed by atoms with van der Waals surface area (Å²) in [6, 6.07) is 15.8. The van der Waals surface area contributed by atoms with Crippen molar-refractivity contribution in [3.8, 4) is 28.1 Å². The van der Waals surface area contributed by atoms with E-state index in [0.29, 0.717) is 5.56 Å². The van der Waals surface area contributed by atoms with E-state index in [0.717, 1.165) is 41.6 Å². The van der Waals surface area contributed by atoms with Crippen LogP contribution in [0.15, 0.2) is 66.9 Å². The Bertz CT molecular complexity index is 932. The summed E-state index contributed by atoms with van der Waals surface area (Å²) < 4.78 is 14.4. The number of unbranched alkanes of at least 4 members (excludes halogenated alkanes) is 1. The number of pyridine rings is 1. The Morgan fingerprint density at radius 1 is 1.00 bits per heavy atom. The van der Waals surface area contributed by atoms with Gasteiger partial charge in [0.05, 0.1) is 11.8 Å². The summed E-state index contributed by atoms with van der Waals surface area (Å²) in [4.78, 5) is 4.45. The van der Waals surface area contributed by atoms with Crippen LogP contribution >= 0.6 is 0 Å². The summed E-state index contributed by atoms with van der Waals surface area (Å²) in [5, 5.41) is 18.6. The number of phenolic OH excluding ortho intramolecular Hbond substituents is 1. The monoisotopic (exact) mass is 377 g/mol. The lowest BCUT2D eigenvalue weighted by atomic mass is 10.0. The number of aromatic nitrogens is 1. The number of aromatic hydroxyl groups is 1. The van der Waals surface area contributed by atoms with Crippen LogP contribution in [-0.4, -0.2) is 21.3 Å². The first-order chi connectivity index (χ1) is 13.5. The second kappa shape index (κ2) is 9.29. The zero-order chi connectivity index (χ0) is 19.9. The second-order valence-corrected chi connectivity index (χ2v) is 6.90. The predicted octanol–water partition coefficient (Wildman–Crippen LogP) is 5.82. The maximum absolute atomic E-state index is 14.4. The van der Waals surface area contributed by atoms with Gasteiger partial charge in [-0.2, -0.15) is 0 Å². The van der Waals surface area contributed by atoms with Crippen LogP contribution in [0.1, 0.15) is 31.7 Å². The molecule has 3 aromatic rings. The number of phenols is 1. The highest BCUT2D eigenvalue weighted by Crippen LogP contribution is 2.25. The van der Waals surface area contributed by atoms with E-state index in [9.17, 15) is 14.6 Å². The lowest BCUT2D eigenvalue weighted by molar-refractivity contribution is 0.182. The lowest BCUT2D eigenvalue weighted by Crippen LogP contribution is -1.97. The number of aliphatic hydroxyl groups is 1. The second-order valence-electron chi connectivity index (χ2n) is 6.90. The van der Waals surface area contributed by atoms with Gasteiger partial charge in [0.25, 0.3) is 0 Å². The molecule has 144 valence electrons. The summed E-state index contributed by atoms with van der Waals surface area (Å²) in [5.74, 6) is -0.0557. The summed E-state index contributed by atoms with van der Waals surface area (Å²) in [6.45, 7) is 1.77. The fourth-order valence-electron chi connectivity index (χ4n) is 2.95. The van der Waals surface area contributed by atoms with Crippen molar-refractivity contribution in [2.75, 3.05) is 0 Å². The third-order valence-electron chi connectivity index (χ3n) is 4.55. The van der Waals surface area contributed by atoms with Gasteiger partial charge in [-0.15, -0.1) is 0 Å². The summed E-state index contributed by atoms with van der Waals surface area (Å²) in [7, 11) is 0. The highest BCUT2D eigenvalue weighted by molar-refractivity contribution is 5.68. The van der Waals surface area contributed by atoms with Gasteiger partial charge in [0.15, 0.2) is 0 Å². The first-order valence-electron chi connectivity index (χ1n) is 9.43. The summed E-state index contributed by atoms with van der Waals surface area (Å²) in [5.41, 5.74) is 3.87. The topological polar surface area (TPSA) is 53.4 Å². The Kier molecular flexibility index (Phi) is 6.56. The van der Waals surface area contributed by atoms with Gasteiger partial charge >= 0.3 is 0 Å². The fraction of sp³-hybridized carbons (Fsp3) is 0.208. The van der Waals surface area contributed by atoms with Crippen LogP contribution in [0, 0.1) is 5.82 Å². The molecule has 1 atom stereocenters. The maximum Gasteiger partial charge on any atom is 0.131 e. The van der Waals surface area contributed by atoms with E-state index in [1.807, 2.05) is 24.3 Å². The molecule has 4 heteroatoms. The molecule has 2 N–H and O–H groups in total. The van der Waals surface area contributed by atoms with Crippen molar-refractivity contribution in [1.29, 1.82) is 0 Å². The molecule has 28 heavy (non-hydrogen) atoms. The van der Waals surface area contributed by atoms with Crippen molar-refractivity contribution < 1.29 is 14.6 Å². The van der Waals surface area contributed by atoms with Gasteiger partial charge < -0.3 is 10.2 Å². The van der Waals surface area contributed by atoms with Gasteiger partial charge in [-0.1, -0.05) is 30.4 Å². The normalized spacial score (nSPS) is 12.4. The van der Waals surface area contributed by atoms with E-state index in [1.165, 1.54) is 6.07 Å². The zero-order valence-corrected chi connectivity index (χ0v) is 15.8. The number of benzene rings is 2. The van der Waals surface area contributed by atoms with Crippen molar-refractivity contribution in [3.05, 3.63) is 78.3 Å². The molecule has 0 saturated heterocycles. The van der Waals surface area contributed by atoms with E-state index < -0.39 is 0 Å². The Balaban J connectivity index is 1.69. The van der Waals surface area contributed by atoms with Crippen molar-refractivity contribution in [2.24, 2.45) is 0 Å². The van der Waals surface area contributed by atoms with Gasteiger partial charge in [-0.25, -0.2) is 4.39 Å². The maximum atomic E-state index is 14.4. The smallest absolute Gasteiger partial charge is 0.131 e. The molecule has 0 fully saturated rings.